The first kappa shape index (κ1) is 12.7. The standard InChI is InChI=1S/C10H15NO5/c1-4-15-6-8-11-7(5-13-2)9(16-8)10(12)14-3/h4-6H2,1-3H3. The molecule has 0 aromatic carbocycles. The summed E-state index contributed by atoms with van der Waals surface area (Å²) in [6.45, 7) is 2.83. The molecule has 0 unspecified atom stereocenters. The monoisotopic (exact) mass is 229 g/mol. The molecule has 0 saturated heterocycles. The van der Waals surface area contributed by atoms with Crippen molar-refractivity contribution in [2.75, 3.05) is 20.8 Å². The molecule has 1 aromatic rings. The van der Waals surface area contributed by atoms with Crippen LogP contribution in [0.25, 0.3) is 0 Å². The number of hydrogen-bond acceptors (Lipinski definition) is 6. The summed E-state index contributed by atoms with van der Waals surface area (Å²) in [5.74, 6) is -0.157. The fourth-order valence-electron chi connectivity index (χ4n) is 1.14. The van der Waals surface area contributed by atoms with Crippen molar-refractivity contribution in [1.29, 1.82) is 0 Å². The molecule has 0 spiro atoms. The summed E-state index contributed by atoms with van der Waals surface area (Å²) in [6.07, 6.45) is 0. The van der Waals surface area contributed by atoms with Crippen LogP contribution in [-0.2, 0) is 27.4 Å². The summed E-state index contributed by atoms with van der Waals surface area (Å²) in [6, 6.07) is 0. The predicted molar refractivity (Wildman–Crippen MR) is 53.9 cm³/mol. The molecule has 0 fully saturated rings. The number of oxazole rings is 1. The van der Waals surface area contributed by atoms with Crippen molar-refractivity contribution < 1.29 is 23.4 Å². The van der Waals surface area contributed by atoms with E-state index in [-0.39, 0.29) is 19.0 Å². The number of esters is 1. The smallest absolute Gasteiger partial charge is 0.376 e. The topological polar surface area (TPSA) is 70.8 Å². The summed E-state index contributed by atoms with van der Waals surface area (Å²) in [5, 5.41) is 0. The van der Waals surface area contributed by atoms with Crippen LogP contribution in [0.3, 0.4) is 0 Å². The molecular weight excluding hydrogens is 214 g/mol. The lowest BCUT2D eigenvalue weighted by atomic mass is 10.3. The maximum absolute atomic E-state index is 11.3. The van der Waals surface area contributed by atoms with Gasteiger partial charge in [-0.1, -0.05) is 0 Å². The Kier molecular flexibility index (Phi) is 4.94. The highest BCUT2D eigenvalue weighted by Gasteiger charge is 2.20. The van der Waals surface area contributed by atoms with Crippen LogP contribution in [0.15, 0.2) is 4.42 Å². The average Bonchev–Trinajstić information content (AvgIpc) is 2.69. The molecule has 1 rings (SSSR count). The zero-order valence-electron chi connectivity index (χ0n) is 9.61. The molecule has 90 valence electrons. The van der Waals surface area contributed by atoms with Crippen LogP contribution >= 0.6 is 0 Å². The number of carbonyl (C=O) groups is 1. The quantitative estimate of drug-likeness (QED) is 0.681. The van der Waals surface area contributed by atoms with Crippen molar-refractivity contribution in [2.24, 2.45) is 0 Å². The molecule has 0 atom stereocenters. The number of nitrogens with zero attached hydrogens (tertiary/aromatic N) is 1. The molecule has 0 aliphatic carbocycles. The summed E-state index contributed by atoms with van der Waals surface area (Å²) < 4.78 is 19.8. The van der Waals surface area contributed by atoms with Gasteiger partial charge in [0, 0.05) is 13.7 Å². The van der Waals surface area contributed by atoms with Gasteiger partial charge < -0.3 is 18.6 Å². The third kappa shape index (κ3) is 3.04. The van der Waals surface area contributed by atoms with Crippen molar-refractivity contribution in [3.63, 3.8) is 0 Å². The van der Waals surface area contributed by atoms with Gasteiger partial charge in [-0.3, -0.25) is 0 Å². The number of hydrogen-bond donors (Lipinski definition) is 0. The zero-order chi connectivity index (χ0) is 12.0. The van der Waals surface area contributed by atoms with Crippen LogP contribution in [0.4, 0.5) is 0 Å². The van der Waals surface area contributed by atoms with Crippen molar-refractivity contribution >= 4 is 5.97 Å². The number of rotatable bonds is 6. The van der Waals surface area contributed by atoms with Gasteiger partial charge in [-0.15, -0.1) is 0 Å². The minimum Gasteiger partial charge on any atom is -0.463 e. The van der Waals surface area contributed by atoms with Crippen LogP contribution in [0.1, 0.15) is 29.1 Å². The highest BCUT2D eigenvalue weighted by molar-refractivity contribution is 5.87. The SMILES string of the molecule is CCOCc1nc(COC)c(C(=O)OC)o1. The van der Waals surface area contributed by atoms with E-state index in [2.05, 4.69) is 9.72 Å². The Morgan fingerprint density at radius 3 is 2.69 bits per heavy atom. The second-order valence-electron chi connectivity index (χ2n) is 2.95. The maximum atomic E-state index is 11.3. The van der Waals surface area contributed by atoms with E-state index < -0.39 is 5.97 Å². The Morgan fingerprint density at radius 1 is 1.38 bits per heavy atom. The molecule has 16 heavy (non-hydrogen) atoms. The van der Waals surface area contributed by atoms with Crippen molar-refractivity contribution in [3.05, 3.63) is 17.3 Å². The Morgan fingerprint density at radius 2 is 2.12 bits per heavy atom. The number of carbonyl (C=O) groups excluding carboxylic acids is 1. The molecule has 0 aliphatic rings. The number of methoxy groups -OCH3 is 2. The van der Waals surface area contributed by atoms with Gasteiger partial charge in [0.05, 0.1) is 13.7 Å². The maximum Gasteiger partial charge on any atom is 0.376 e. The third-order valence-corrected chi connectivity index (χ3v) is 1.82. The Labute approximate surface area is 93.5 Å². The first-order valence-electron chi connectivity index (χ1n) is 4.86. The lowest BCUT2D eigenvalue weighted by Crippen LogP contribution is -2.04. The second-order valence-corrected chi connectivity index (χ2v) is 2.95. The molecule has 0 radical (unpaired) electrons. The van der Waals surface area contributed by atoms with Crippen molar-refractivity contribution in [1.82, 2.24) is 4.98 Å². The summed E-state index contributed by atoms with van der Waals surface area (Å²) in [7, 11) is 2.79. The summed E-state index contributed by atoms with van der Waals surface area (Å²) >= 11 is 0. The fourth-order valence-corrected chi connectivity index (χ4v) is 1.14. The largest absolute Gasteiger partial charge is 0.463 e. The number of ether oxygens (including phenoxy) is 3. The molecule has 1 aromatic heterocycles. The van der Waals surface area contributed by atoms with Gasteiger partial charge in [0.2, 0.25) is 11.7 Å². The third-order valence-electron chi connectivity index (χ3n) is 1.82. The van der Waals surface area contributed by atoms with Gasteiger partial charge in [0.15, 0.2) is 0 Å². The van der Waals surface area contributed by atoms with E-state index in [9.17, 15) is 4.79 Å². The molecule has 0 saturated carbocycles. The predicted octanol–water partition coefficient (Wildman–Crippen LogP) is 1.14. The van der Waals surface area contributed by atoms with E-state index in [1.807, 2.05) is 6.92 Å². The van der Waals surface area contributed by atoms with Gasteiger partial charge in [-0.05, 0) is 6.92 Å². The van der Waals surface area contributed by atoms with E-state index in [0.29, 0.717) is 18.2 Å². The highest BCUT2D eigenvalue weighted by Crippen LogP contribution is 2.14. The number of aromatic nitrogens is 1. The van der Waals surface area contributed by atoms with Gasteiger partial charge in [0.1, 0.15) is 12.3 Å². The van der Waals surface area contributed by atoms with Gasteiger partial charge in [-0.25, -0.2) is 9.78 Å². The lowest BCUT2D eigenvalue weighted by Gasteiger charge is -1.96. The molecule has 6 nitrogen and oxygen atoms in total. The van der Waals surface area contributed by atoms with E-state index >= 15 is 0 Å². The first-order valence-corrected chi connectivity index (χ1v) is 4.86. The molecule has 0 bridgehead atoms. The van der Waals surface area contributed by atoms with Crippen LogP contribution in [0.2, 0.25) is 0 Å². The molecule has 0 aliphatic heterocycles. The second kappa shape index (κ2) is 6.24. The van der Waals surface area contributed by atoms with Gasteiger partial charge in [-0.2, -0.15) is 0 Å². The summed E-state index contributed by atoms with van der Waals surface area (Å²) in [4.78, 5) is 15.4. The van der Waals surface area contributed by atoms with Gasteiger partial charge in [0.25, 0.3) is 0 Å². The Balaban J connectivity index is 2.86. The minimum atomic E-state index is -0.567. The molecule has 1 heterocycles. The fraction of sp³-hybridized carbons (Fsp3) is 0.600. The van der Waals surface area contributed by atoms with Gasteiger partial charge >= 0.3 is 5.97 Å². The van der Waals surface area contributed by atoms with E-state index in [0.717, 1.165) is 0 Å². The molecular formula is C10H15NO5. The zero-order valence-corrected chi connectivity index (χ0v) is 9.61. The van der Waals surface area contributed by atoms with Crippen molar-refractivity contribution in [3.8, 4) is 0 Å². The van der Waals surface area contributed by atoms with E-state index in [1.165, 1.54) is 14.2 Å². The summed E-state index contributed by atoms with van der Waals surface area (Å²) in [5.41, 5.74) is 0.420. The molecule has 0 amide bonds. The first-order chi connectivity index (χ1) is 7.72. The average molecular weight is 229 g/mol. The Bertz CT molecular complexity index is 347. The minimum absolute atomic E-state index is 0.0686. The normalized spacial score (nSPS) is 10.4. The lowest BCUT2D eigenvalue weighted by molar-refractivity contribution is 0.0548. The van der Waals surface area contributed by atoms with Crippen LogP contribution < -0.4 is 0 Å². The molecule has 6 heteroatoms. The van der Waals surface area contributed by atoms with Crippen LogP contribution in [0, 0.1) is 0 Å². The van der Waals surface area contributed by atoms with Crippen LogP contribution in [0.5, 0.6) is 0 Å². The van der Waals surface area contributed by atoms with E-state index in [4.69, 9.17) is 13.9 Å². The van der Waals surface area contributed by atoms with Crippen molar-refractivity contribution in [2.45, 2.75) is 20.1 Å². The molecule has 0 N–H and O–H groups in total. The van der Waals surface area contributed by atoms with Crippen LogP contribution in [-0.4, -0.2) is 31.8 Å². The van der Waals surface area contributed by atoms with E-state index in [1.54, 1.807) is 0 Å². The highest BCUT2D eigenvalue weighted by atomic mass is 16.5. The Hall–Kier alpha value is -1.40.